The first-order chi connectivity index (χ1) is 15.3. The molecule has 5 rings (SSSR count). The zero-order valence-electron chi connectivity index (χ0n) is 17.0. The number of rotatable bonds is 5. The summed E-state index contributed by atoms with van der Waals surface area (Å²) in [6.07, 6.45) is 10.0. The Labute approximate surface area is 178 Å². The van der Waals surface area contributed by atoms with Gasteiger partial charge in [0.15, 0.2) is 5.82 Å². The summed E-state index contributed by atoms with van der Waals surface area (Å²) in [5.41, 5.74) is 2.33. The van der Waals surface area contributed by atoms with Crippen LogP contribution in [0.15, 0.2) is 49.4 Å². The first-order valence-electron chi connectivity index (χ1n) is 9.96. The Bertz CT molecular complexity index is 1200. The van der Waals surface area contributed by atoms with Crippen LogP contribution < -0.4 is 20.3 Å². The lowest BCUT2D eigenvalue weighted by atomic mass is 10.2. The van der Waals surface area contributed by atoms with Gasteiger partial charge in [-0.1, -0.05) is 0 Å². The molecule has 1 aliphatic rings. The topological polar surface area (TPSA) is 114 Å². The molecule has 0 atom stereocenters. The number of anilines is 3. The number of fused-ring (bicyclic) bond motifs is 1. The molecule has 0 unspecified atom stereocenters. The predicted octanol–water partition coefficient (Wildman–Crippen LogP) is 2.04. The molecule has 10 nitrogen and oxygen atoms in total. The smallest absolute Gasteiger partial charge is 0.162 e. The fraction of sp³-hybridized carbons (Fsp3) is 0.238. The van der Waals surface area contributed by atoms with Gasteiger partial charge in [0, 0.05) is 37.9 Å². The van der Waals surface area contributed by atoms with Crippen LogP contribution in [0.5, 0.6) is 5.75 Å². The van der Waals surface area contributed by atoms with Gasteiger partial charge in [0.25, 0.3) is 0 Å². The predicted molar refractivity (Wildman–Crippen MR) is 118 cm³/mol. The monoisotopic (exact) mass is 415 g/mol. The lowest BCUT2D eigenvalue weighted by molar-refractivity contribution is 0.418. The van der Waals surface area contributed by atoms with Crippen molar-refractivity contribution in [3.8, 4) is 17.1 Å². The average molecular weight is 415 g/mol. The molecule has 31 heavy (non-hydrogen) atoms. The maximum absolute atomic E-state index is 5.57. The van der Waals surface area contributed by atoms with Crippen LogP contribution in [0.25, 0.3) is 22.3 Å². The van der Waals surface area contributed by atoms with E-state index >= 15 is 0 Å². The second kappa shape index (κ2) is 8.44. The van der Waals surface area contributed by atoms with E-state index in [0.29, 0.717) is 17.4 Å². The third-order valence-electron chi connectivity index (χ3n) is 5.04. The summed E-state index contributed by atoms with van der Waals surface area (Å²) in [5.74, 6) is 2.77. The van der Waals surface area contributed by atoms with Gasteiger partial charge in [0.2, 0.25) is 0 Å². The van der Waals surface area contributed by atoms with Crippen LogP contribution in [-0.2, 0) is 0 Å². The molecule has 0 saturated carbocycles. The van der Waals surface area contributed by atoms with Crippen LogP contribution in [-0.4, -0.2) is 63.2 Å². The second-order valence-electron chi connectivity index (χ2n) is 7.03. The van der Waals surface area contributed by atoms with Gasteiger partial charge in [-0.2, -0.15) is 0 Å². The minimum atomic E-state index is 0.603. The summed E-state index contributed by atoms with van der Waals surface area (Å²) >= 11 is 0. The van der Waals surface area contributed by atoms with E-state index in [1.54, 1.807) is 38.1 Å². The highest BCUT2D eigenvalue weighted by atomic mass is 16.5. The van der Waals surface area contributed by atoms with Crippen molar-refractivity contribution in [2.45, 2.75) is 0 Å². The fourth-order valence-electron chi connectivity index (χ4n) is 3.57. The molecule has 0 bridgehead atoms. The Kier molecular flexibility index (Phi) is 5.19. The third kappa shape index (κ3) is 3.92. The molecule has 4 aromatic heterocycles. The summed E-state index contributed by atoms with van der Waals surface area (Å²) in [6.45, 7) is 3.51. The van der Waals surface area contributed by atoms with Gasteiger partial charge in [-0.25, -0.2) is 24.9 Å². The molecule has 0 amide bonds. The van der Waals surface area contributed by atoms with Crippen molar-refractivity contribution in [1.29, 1.82) is 0 Å². The molecular weight excluding hydrogens is 394 g/mol. The van der Waals surface area contributed by atoms with Gasteiger partial charge in [0.1, 0.15) is 23.7 Å². The maximum atomic E-state index is 5.57. The zero-order valence-corrected chi connectivity index (χ0v) is 17.0. The van der Waals surface area contributed by atoms with Gasteiger partial charge >= 0.3 is 0 Å². The van der Waals surface area contributed by atoms with E-state index in [1.165, 1.54) is 6.33 Å². The molecule has 0 aromatic carbocycles. The molecule has 4 aromatic rings. The van der Waals surface area contributed by atoms with E-state index in [0.717, 1.165) is 54.2 Å². The van der Waals surface area contributed by atoms with Crippen LogP contribution >= 0.6 is 0 Å². The van der Waals surface area contributed by atoms with Crippen molar-refractivity contribution in [3.63, 3.8) is 0 Å². The van der Waals surface area contributed by atoms with Crippen LogP contribution in [0.1, 0.15) is 0 Å². The van der Waals surface area contributed by atoms with Gasteiger partial charge in [-0.15, -0.1) is 0 Å². The minimum Gasteiger partial charge on any atom is -0.494 e. The number of nitrogens with one attached hydrogen (secondary N) is 2. The highest BCUT2D eigenvalue weighted by Gasteiger charge is 2.20. The summed E-state index contributed by atoms with van der Waals surface area (Å²) < 4.78 is 5.57. The van der Waals surface area contributed by atoms with Crippen LogP contribution in [0, 0.1) is 0 Å². The summed E-state index contributed by atoms with van der Waals surface area (Å²) in [4.78, 5) is 28.7. The first-order valence-corrected chi connectivity index (χ1v) is 9.96. The Hall–Kier alpha value is -3.92. The molecule has 156 valence electrons. The molecule has 10 heteroatoms. The SMILES string of the molecule is COc1cncc2nc(-c3ccnc(Nc4cncnc4)c3)nc(N3CCNCC3)c12. The number of pyridine rings is 2. The van der Waals surface area contributed by atoms with E-state index in [1.807, 2.05) is 12.1 Å². The van der Waals surface area contributed by atoms with E-state index in [9.17, 15) is 0 Å². The van der Waals surface area contributed by atoms with Gasteiger partial charge < -0.3 is 20.3 Å². The van der Waals surface area contributed by atoms with E-state index in [-0.39, 0.29) is 0 Å². The highest BCUT2D eigenvalue weighted by Crippen LogP contribution is 2.34. The highest BCUT2D eigenvalue weighted by molar-refractivity contribution is 5.95. The van der Waals surface area contributed by atoms with E-state index < -0.39 is 0 Å². The molecule has 1 aliphatic heterocycles. The van der Waals surface area contributed by atoms with Crippen LogP contribution in [0.4, 0.5) is 17.3 Å². The molecule has 1 saturated heterocycles. The van der Waals surface area contributed by atoms with Crippen molar-refractivity contribution < 1.29 is 4.74 Å². The van der Waals surface area contributed by atoms with Crippen molar-refractivity contribution in [3.05, 3.63) is 49.4 Å². The first kappa shape index (κ1) is 19.1. The molecule has 5 heterocycles. The number of nitrogens with zero attached hydrogens (tertiary/aromatic N) is 7. The maximum Gasteiger partial charge on any atom is 0.162 e. The van der Waals surface area contributed by atoms with E-state index in [2.05, 4.69) is 35.5 Å². The Morgan fingerprint density at radius 1 is 1.03 bits per heavy atom. The summed E-state index contributed by atoms with van der Waals surface area (Å²) in [5, 5.41) is 7.46. The number of hydrogen-bond donors (Lipinski definition) is 2. The lowest BCUT2D eigenvalue weighted by Gasteiger charge is -2.29. The molecule has 0 spiro atoms. The minimum absolute atomic E-state index is 0.603. The lowest BCUT2D eigenvalue weighted by Crippen LogP contribution is -2.44. The fourth-order valence-corrected chi connectivity index (χ4v) is 3.57. The molecular formula is C21H21N9O. The zero-order chi connectivity index (χ0) is 21.0. The van der Waals surface area contributed by atoms with Crippen molar-refractivity contribution in [2.75, 3.05) is 43.5 Å². The number of methoxy groups -OCH3 is 1. The van der Waals surface area contributed by atoms with Crippen LogP contribution in [0.3, 0.4) is 0 Å². The second-order valence-corrected chi connectivity index (χ2v) is 7.03. The normalized spacial score (nSPS) is 13.9. The standard InChI is InChI=1S/C21H21N9O/c1-31-17-12-23-11-16-19(17)21(30-6-4-22-5-7-30)29-20(28-16)14-2-3-26-18(8-14)27-15-9-24-13-25-10-15/h2-3,8-13,22H,4-7H2,1H3,(H,26,27). The van der Waals surface area contributed by atoms with Crippen molar-refractivity contribution >= 4 is 28.2 Å². The number of hydrogen-bond acceptors (Lipinski definition) is 10. The average Bonchev–Trinajstić information content (AvgIpc) is 2.84. The summed E-state index contributed by atoms with van der Waals surface area (Å²) in [7, 11) is 1.64. The number of ether oxygens (including phenoxy) is 1. The molecule has 0 aliphatic carbocycles. The van der Waals surface area contributed by atoms with Gasteiger partial charge in [-0.3, -0.25) is 4.98 Å². The summed E-state index contributed by atoms with van der Waals surface area (Å²) in [6, 6.07) is 3.80. The molecule has 1 fully saturated rings. The van der Waals surface area contributed by atoms with Crippen molar-refractivity contribution in [2.24, 2.45) is 0 Å². The van der Waals surface area contributed by atoms with E-state index in [4.69, 9.17) is 14.7 Å². The van der Waals surface area contributed by atoms with Crippen molar-refractivity contribution in [1.82, 2.24) is 35.2 Å². The Morgan fingerprint density at radius 2 is 1.87 bits per heavy atom. The molecule has 2 N–H and O–H groups in total. The Morgan fingerprint density at radius 3 is 2.68 bits per heavy atom. The third-order valence-corrected chi connectivity index (χ3v) is 5.04. The van der Waals surface area contributed by atoms with Gasteiger partial charge in [-0.05, 0) is 12.1 Å². The van der Waals surface area contributed by atoms with Crippen LogP contribution in [0.2, 0.25) is 0 Å². The largest absolute Gasteiger partial charge is 0.494 e. The number of aromatic nitrogens is 6. The molecule has 0 radical (unpaired) electrons. The number of piperazine rings is 1. The Balaban J connectivity index is 1.59. The quantitative estimate of drug-likeness (QED) is 0.502. The van der Waals surface area contributed by atoms with Gasteiger partial charge in [0.05, 0.1) is 48.5 Å².